The Balaban J connectivity index is 1.28. The second kappa shape index (κ2) is 9.63. The monoisotopic (exact) mass is 496 g/mol. The second-order valence-corrected chi connectivity index (χ2v) is 9.08. The zero-order valence-corrected chi connectivity index (χ0v) is 20.0. The molecule has 5 heterocycles. The molecule has 1 fully saturated rings. The third kappa shape index (κ3) is 4.91. The maximum atomic E-state index is 13.1. The van der Waals surface area contributed by atoms with Gasteiger partial charge in [-0.2, -0.15) is 13.8 Å². The average Bonchev–Trinajstić information content (AvgIpc) is 3.27. The SMILES string of the molecule is COc1cc(CC(=O)N2CC[C@@]3(CCc4cc(-c5ncccn5)c(C)nc4N3)C2)cc(OC(F)F)n1. The number of carbonyl (C=O) groups is 1. The van der Waals surface area contributed by atoms with Crippen LogP contribution in [0.25, 0.3) is 11.4 Å². The van der Waals surface area contributed by atoms with E-state index in [4.69, 9.17) is 9.72 Å². The molecule has 3 aromatic rings. The number of rotatable bonds is 6. The number of ether oxygens (including phenoxy) is 2. The lowest BCUT2D eigenvalue weighted by atomic mass is 9.86. The van der Waals surface area contributed by atoms with Gasteiger partial charge in [0.25, 0.3) is 0 Å². The molecule has 1 atom stereocenters. The van der Waals surface area contributed by atoms with Crippen molar-refractivity contribution in [3.05, 3.63) is 53.5 Å². The van der Waals surface area contributed by atoms with Gasteiger partial charge in [-0.15, -0.1) is 0 Å². The van der Waals surface area contributed by atoms with Crippen LogP contribution in [0.5, 0.6) is 11.8 Å². The molecule has 188 valence electrons. The Morgan fingerprint density at radius 3 is 2.69 bits per heavy atom. The molecular formula is C25H26F2N6O3. The molecule has 3 aromatic heterocycles. The standard InChI is InChI=1S/C25H26F2N6O3/c1-15-18(23-28-7-3-8-29-23)13-17-4-5-25(32-22(17)30-15)6-9-33(14-25)21(34)12-16-10-19(35-2)31-20(11-16)36-24(26)27/h3,7-8,10-11,13,24H,4-6,9,12,14H2,1-2H3,(H,30,32)/t25-/m0/s1. The number of halogens is 2. The Bertz CT molecular complexity index is 1280. The highest BCUT2D eigenvalue weighted by Gasteiger charge is 2.42. The number of nitrogens with one attached hydrogen (secondary N) is 1. The predicted molar refractivity (Wildman–Crippen MR) is 127 cm³/mol. The van der Waals surface area contributed by atoms with Gasteiger partial charge >= 0.3 is 6.61 Å². The summed E-state index contributed by atoms with van der Waals surface area (Å²) in [7, 11) is 1.38. The van der Waals surface area contributed by atoms with Gasteiger partial charge in [0.1, 0.15) is 5.82 Å². The fraction of sp³-hybridized carbons (Fsp3) is 0.400. The summed E-state index contributed by atoms with van der Waals surface area (Å²) in [5.41, 5.74) is 3.10. The first-order chi connectivity index (χ1) is 17.3. The molecule has 1 amide bonds. The quantitative estimate of drug-likeness (QED) is 0.554. The predicted octanol–water partition coefficient (Wildman–Crippen LogP) is 3.42. The topological polar surface area (TPSA) is 102 Å². The summed E-state index contributed by atoms with van der Waals surface area (Å²) in [6.07, 6.45) is 5.94. The number of nitrogens with zero attached hydrogens (tertiary/aromatic N) is 5. The van der Waals surface area contributed by atoms with E-state index in [9.17, 15) is 13.6 Å². The van der Waals surface area contributed by atoms with Gasteiger partial charge in [0.2, 0.25) is 17.7 Å². The first-order valence-corrected chi connectivity index (χ1v) is 11.7. The van der Waals surface area contributed by atoms with Crippen LogP contribution in [0.15, 0.2) is 36.7 Å². The summed E-state index contributed by atoms with van der Waals surface area (Å²) in [6.45, 7) is 0.0611. The minimum Gasteiger partial charge on any atom is -0.481 e. The first-order valence-electron chi connectivity index (χ1n) is 11.7. The van der Waals surface area contributed by atoms with Gasteiger partial charge < -0.3 is 19.7 Å². The van der Waals surface area contributed by atoms with E-state index in [0.29, 0.717) is 24.5 Å². The number of anilines is 1. The van der Waals surface area contributed by atoms with E-state index in [1.807, 2.05) is 6.92 Å². The Hall–Kier alpha value is -3.89. The molecule has 1 spiro atoms. The van der Waals surface area contributed by atoms with Gasteiger partial charge in [0, 0.05) is 43.2 Å². The Kier molecular flexibility index (Phi) is 6.38. The van der Waals surface area contributed by atoms with Crippen LogP contribution >= 0.6 is 0 Å². The molecule has 0 aliphatic carbocycles. The Morgan fingerprint density at radius 1 is 1.17 bits per heavy atom. The summed E-state index contributed by atoms with van der Waals surface area (Å²) in [5, 5.41) is 3.61. The molecule has 2 aliphatic heterocycles. The van der Waals surface area contributed by atoms with Crippen molar-refractivity contribution in [1.29, 1.82) is 0 Å². The van der Waals surface area contributed by atoms with Crippen molar-refractivity contribution in [3.63, 3.8) is 0 Å². The zero-order valence-electron chi connectivity index (χ0n) is 20.0. The van der Waals surface area contributed by atoms with Gasteiger partial charge in [0.15, 0.2) is 5.82 Å². The number of amides is 1. The van der Waals surface area contributed by atoms with E-state index in [2.05, 4.69) is 31.1 Å². The number of aromatic nitrogens is 4. The van der Waals surface area contributed by atoms with Crippen LogP contribution in [0, 0.1) is 6.92 Å². The fourth-order valence-electron chi connectivity index (χ4n) is 4.87. The number of carbonyl (C=O) groups excluding carboxylic acids is 1. The average molecular weight is 497 g/mol. The lowest BCUT2D eigenvalue weighted by Crippen LogP contribution is -2.45. The molecule has 0 unspecified atom stereocenters. The molecule has 2 aliphatic rings. The van der Waals surface area contributed by atoms with Crippen molar-refractivity contribution >= 4 is 11.7 Å². The molecule has 5 rings (SSSR count). The molecule has 1 saturated heterocycles. The van der Waals surface area contributed by atoms with Crippen LogP contribution in [0.4, 0.5) is 14.6 Å². The number of likely N-dealkylation sites (tertiary alicyclic amines) is 1. The Morgan fingerprint density at radius 2 is 1.94 bits per heavy atom. The molecule has 36 heavy (non-hydrogen) atoms. The molecular weight excluding hydrogens is 470 g/mol. The number of methoxy groups -OCH3 is 1. The number of pyridine rings is 2. The summed E-state index contributed by atoms with van der Waals surface area (Å²) in [5.74, 6) is 1.22. The molecule has 0 saturated carbocycles. The molecule has 0 aromatic carbocycles. The molecule has 9 nitrogen and oxygen atoms in total. The second-order valence-electron chi connectivity index (χ2n) is 9.08. The highest BCUT2D eigenvalue weighted by atomic mass is 19.3. The maximum Gasteiger partial charge on any atom is 0.388 e. The number of alkyl halides is 2. The van der Waals surface area contributed by atoms with E-state index < -0.39 is 6.61 Å². The highest BCUT2D eigenvalue weighted by molar-refractivity contribution is 5.79. The van der Waals surface area contributed by atoms with E-state index in [-0.39, 0.29) is 29.6 Å². The maximum absolute atomic E-state index is 13.1. The minimum atomic E-state index is -3.01. The zero-order chi connectivity index (χ0) is 25.3. The normalized spacial score (nSPS) is 18.8. The lowest BCUT2D eigenvalue weighted by Gasteiger charge is -2.36. The van der Waals surface area contributed by atoms with Crippen LogP contribution in [0.2, 0.25) is 0 Å². The lowest BCUT2D eigenvalue weighted by molar-refractivity contribution is -0.129. The number of aryl methyl sites for hydroxylation is 2. The molecule has 1 N–H and O–H groups in total. The number of fused-ring (bicyclic) bond motifs is 1. The van der Waals surface area contributed by atoms with E-state index in [0.717, 1.165) is 41.9 Å². The summed E-state index contributed by atoms with van der Waals surface area (Å²) in [6, 6.07) is 6.77. The van der Waals surface area contributed by atoms with Gasteiger partial charge in [-0.3, -0.25) is 4.79 Å². The molecule has 0 bridgehead atoms. The van der Waals surface area contributed by atoms with Crippen molar-refractivity contribution in [2.45, 2.75) is 44.8 Å². The van der Waals surface area contributed by atoms with Gasteiger partial charge in [0.05, 0.1) is 24.8 Å². The van der Waals surface area contributed by atoms with Gasteiger partial charge in [-0.1, -0.05) is 0 Å². The van der Waals surface area contributed by atoms with Crippen LogP contribution < -0.4 is 14.8 Å². The van der Waals surface area contributed by atoms with Crippen molar-refractivity contribution in [1.82, 2.24) is 24.8 Å². The smallest absolute Gasteiger partial charge is 0.388 e. The first kappa shape index (κ1) is 23.8. The van der Waals surface area contributed by atoms with Crippen LogP contribution in [0.3, 0.4) is 0 Å². The van der Waals surface area contributed by atoms with E-state index in [1.54, 1.807) is 29.4 Å². The van der Waals surface area contributed by atoms with Gasteiger partial charge in [-0.05, 0) is 49.4 Å². The molecule has 0 radical (unpaired) electrons. The van der Waals surface area contributed by atoms with Crippen molar-refractivity contribution < 1.29 is 23.0 Å². The summed E-state index contributed by atoms with van der Waals surface area (Å²) >= 11 is 0. The van der Waals surface area contributed by atoms with Crippen LogP contribution in [0.1, 0.15) is 29.7 Å². The van der Waals surface area contributed by atoms with Crippen LogP contribution in [-0.2, 0) is 17.6 Å². The van der Waals surface area contributed by atoms with Crippen LogP contribution in [-0.4, -0.2) is 63.1 Å². The van der Waals surface area contributed by atoms with Crippen molar-refractivity contribution in [3.8, 4) is 23.1 Å². The van der Waals surface area contributed by atoms with E-state index >= 15 is 0 Å². The minimum absolute atomic E-state index is 0.0307. The summed E-state index contributed by atoms with van der Waals surface area (Å²) in [4.78, 5) is 32.3. The van der Waals surface area contributed by atoms with Crippen molar-refractivity contribution in [2.75, 3.05) is 25.5 Å². The van der Waals surface area contributed by atoms with Crippen molar-refractivity contribution in [2.24, 2.45) is 0 Å². The Labute approximate surface area is 206 Å². The third-order valence-electron chi connectivity index (χ3n) is 6.67. The van der Waals surface area contributed by atoms with E-state index in [1.165, 1.54) is 13.2 Å². The largest absolute Gasteiger partial charge is 0.481 e. The third-order valence-corrected chi connectivity index (χ3v) is 6.67. The number of hydrogen-bond donors (Lipinski definition) is 1. The summed E-state index contributed by atoms with van der Waals surface area (Å²) < 4.78 is 34.7. The fourth-order valence-corrected chi connectivity index (χ4v) is 4.87. The van der Waals surface area contributed by atoms with Gasteiger partial charge in [-0.25, -0.2) is 15.0 Å². The highest BCUT2D eigenvalue weighted by Crippen LogP contribution is 2.38. The number of hydrogen-bond acceptors (Lipinski definition) is 8. The molecule has 11 heteroatoms.